The van der Waals surface area contributed by atoms with E-state index in [9.17, 15) is 9.59 Å². The first-order valence-corrected chi connectivity index (χ1v) is 8.07. The summed E-state index contributed by atoms with van der Waals surface area (Å²) in [4.78, 5) is 26.7. The molecule has 1 aliphatic rings. The van der Waals surface area contributed by atoms with Gasteiger partial charge in [-0.05, 0) is 45.4 Å². The van der Waals surface area contributed by atoms with Crippen LogP contribution >= 0.6 is 12.4 Å². The first-order chi connectivity index (χ1) is 10.5. The number of ketones is 1. The summed E-state index contributed by atoms with van der Waals surface area (Å²) < 4.78 is 0. The number of benzene rings is 1. The number of likely N-dealkylation sites (tertiary alicyclic amines) is 1. The molecule has 1 aromatic carbocycles. The van der Waals surface area contributed by atoms with Crippen LogP contribution in [0, 0.1) is 13.8 Å². The number of carbonyl (C=O) groups is 2. The van der Waals surface area contributed by atoms with E-state index in [1.165, 1.54) is 0 Å². The van der Waals surface area contributed by atoms with E-state index >= 15 is 0 Å². The van der Waals surface area contributed by atoms with Crippen LogP contribution in [0.3, 0.4) is 0 Å². The molecular weight excluding hydrogens is 312 g/mol. The van der Waals surface area contributed by atoms with Gasteiger partial charge in [-0.15, -0.1) is 12.4 Å². The predicted molar refractivity (Wildman–Crippen MR) is 95.4 cm³/mol. The lowest BCUT2D eigenvalue weighted by atomic mass is 9.99. The van der Waals surface area contributed by atoms with Gasteiger partial charge < -0.3 is 10.2 Å². The second-order valence-corrected chi connectivity index (χ2v) is 6.18. The lowest BCUT2D eigenvalue weighted by Crippen LogP contribution is -2.40. The first kappa shape index (κ1) is 19.7. The maximum Gasteiger partial charge on any atom is 0.223 e. The molecule has 0 bridgehead atoms. The van der Waals surface area contributed by atoms with Crippen molar-refractivity contribution in [3.8, 4) is 0 Å². The Morgan fingerprint density at radius 3 is 2.70 bits per heavy atom. The van der Waals surface area contributed by atoms with E-state index in [-0.39, 0.29) is 30.1 Å². The minimum atomic E-state index is 0. The van der Waals surface area contributed by atoms with Crippen LogP contribution in [0.15, 0.2) is 18.2 Å². The SMILES string of the molecule is CNCC1CCCN1C(=O)CCC(=O)c1cc(C)ccc1C.Cl. The Hall–Kier alpha value is -1.39. The first-order valence-electron chi connectivity index (χ1n) is 8.07. The highest BCUT2D eigenvalue weighted by Crippen LogP contribution is 2.19. The minimum absolute atomic E-state index is 0. The third-order valence-electron chi connectivity index (χ3n) is 4.40. The summed E-state index contributed by atoms with van der Waals surface area (Å²) in [5.41, 5.74) is 2.81. The van der Waals surface area contributed by atoms with E-state index in [2.05, 4.69) is 5.32 Å². The Kier molecular flexibility index (Phi) is 7.73. The molecule has 1 fully saturated rings. The molecule has 1 aliphatic heterocycles. The lowest BCUT2D eigenvalue weighted by molar-refractivity contribution is -0.131. The van der Waals surface area contributed by atoms with Crippen molar-refractivity contribution in [1.29, 1.82) is 0 Å². The molecular formula is C18H27ClN2O2. The van der Waals surface area contributed by atoms with Gasteiger partial charge in [0.25, 0.3) is 0 Å². The van der Waals surface area contributed by atoms with Crippen molar-refractivity contribution in [1.82, 2.24) is 10.2 Å². The Morgan fingerprint density at radius 1 is 1.26 bits per heavy atom. The molecule has 1 amide bonds. The summed E-state index contributed by atoms with van der Waals surface area (Å²) in [5, 5.41) is 3.14. The number of likely N-dealkylation sites (N-methyl/N-ethyl adjacent to an activating group) is 1. The number of nitrogens with zero attached hydrogens (tertiary/aromatic N) is 1. The lowest BCUT2D eigenvalue weighted by Gasteiger charge is -2.24. The number of amides is 1. The third kappa shape index (κ3) is 5.05. The summed E-state index contributed by atoms with van der Waals surface area (Å²) in [6, 6.07) is 6.17. The van der Waals surface area contributed by atoms with Crippen LogP contribution < -0.4 is 5.32 Å². The van der Waals surface area contributed by atoms with E-state index in [1.54, 1.807) is 0 Å². The fourth-order valence-electron chi connectivity index (χ4n) is 3.15. The zero-order valence-electron chi connectivity index (χ0n) is 14.2. The number of carbonyl (C=O) groups excluding carboxylic acids is 2. The number of hydrogen-bond donors (Lipinski definition) is 1. The van der Waals surface area contributed by atoms with E-state index in [0.717, 1.165) is 42.6 Å². The second kappa shape index (κ2) is 9.04. The van der Waals surface area contributed by atoms with Crippen molar-refractivity contribution in [2.45, 2.75) is 45.6 Å². The zero-order chi connectivity index (χ0) is 16.1. The van der Waals surface area contributed by atoms with E-state index in [4.69, 9.17) is 0 Å². The van der Waals surface area contributed by atoms with E-state index in [0.29, 0.717) is 12.8 Å². The molecule has 23 heavy (non-hydrogen) atoms. The highest BCUT2D eigenvalue weighted by atomic mass is 35.5. The number of nitrogens with one attached hydrogen (secondary N) is 1. The molecule has 2 rings (SSSR count). The van der Waals surface area contributed by atoms with E-state index < -0.39 is 0 Å². The van der Waals surface area contributed by atoms with Crippen molar-refractivity contribution in [2.24, 2.45) is 0 Å². The van der Waals surface area contributed by atoms with Gasteiger partial charge >= 0.3 is 0 Å². The Morgan fingerprint density at radius 2 is 2.00 bits per heavy atom. The van der Waals surface area contributed by atoms with Gasteiger partial charge in [-0.1, -0.05) is 17.7 Å². The Balaban J connectivity index is 0.00000264. The second-order valence-electron chi connectivity index (χ2n) is 6.18. The van der Waals surface area contributed by atoms with Gasteiger partial charge in [0.2, 0.25) is 5.91 Å². The quantitative estimate of drug-likeness (QED) is 0.811. The van der Waals surface area contributed by atoms with Gasteiger partial charge in [-0.25, -0.2) is 0 Å². The van der Waals surface area contributed by atoms with Crippen molar-refractivity contribution in [3.63, 3.8) is 0 Å². The summed E-state index contributed by atoms with van der Waals surface area (Å²) in [6.07, 6.45) is 2.72. The number of hydrogen-bond acceptors (Lipinski definition) is 3. The van der Waals surface area contributed by atoms with Gasteiger partial charge in [0.05, 0.1) is 0 Å². The third-order valence-corrected chi connectivity index (χ3v) is 4.40. The maximum absolute atomic E-state index is 12.4. The summed E-state index contributed by atoms with van der Waals surface area (Å²) in [7, 11) is 1.91. The monoisotopic (exact) mass is 338 g/mol. The highest BCUT2D eigenvalue weighted by Gasteiger charge is 2.28. The molecule has 1 aromatic rings. The molecule has 1 unspecified atom stereocenters. The largest absolute Gasteiger partial charge is 0.338 e. The normalized spacial score (nSPS) is 17.0. The van der Waals surface area contributed by atoms with Crippen LogP contribution in [-0.2, 0) is 4.79 Å². The molecule has 1 saturated heterocycles. The molecule has 0 spiro atoms. The highest BCUT2D eigenvalue weighted by molar-refractivity contribution is 5.99. The summed E-state index contributed by atoms with van der Waals surface area (Å²) in [6.45, 7) is 5.57. The van der Waals surface area contributed by atoms with Crippen molar-refractivity contribution >= 4 is 24.1 Å². The van der Waals surface area contributed by atoms with Gasteiger partial charge in [-0.2, -0.15) is 0 Å². The number of rotatable bonds is 6. The molecule has 0 saturated carbocycles. The molecule has 1 N–H and O–H groups in total. The standard InChI is InChI=1S/C18H26N2O2.ClH/c1-13-6-7-14(2)16(11-13)17(21)8-9-18(22)20-10-4-5-15(20)12-19-3;/h6-7,11,15,19H,4-5,8-10,12H2,1-3H3;1H. The van der Waals surface area contributed by atoms with Crippen molar-refractivity contribution in [3.05, 3.63) is 34.9 Å². The van der Waals surface area contributed by atoms with Crippen LogP contribution in [0.2, 0.25) is 0 Å². The Bertz CT molecular complexity index is 560. The number of aryl methyl sites for hydroxylation is 2. The molecule has 128 valence electrons. The van der Waals surface area contributed by atoms with E-state index in [1.807, 2.05) is 44.0 Å². The maximum atomic E-state index is 12.4. The van der Waals surface area contributed by atoms with Crippen molar-refractivity contribution in [2.75, 3.05) is 20.1 Å². The van der Waals surface area contributed by atoms with Crippen LogP contribution in [0.1, 0.15) is 47.2 Å². The molecule has 1 heterocycles. The van der Waals surface area contributed by atoms with Crippen LogP contribution in [-0.4, -0.2) is 42.8 Å². The van der Waals surface area contributed by atoms with Crippen LogP contribution in [0.25, 0.3) is 0 Å². The summed E-state index contributed by atoms with van der Waals surface area (Å²) in [5.74, 6) is 0.176. The van der Waals surface area contributed by atoms with Gasteiger partial charge in [0.1, 0.15) is 0 Å². The molecule has 0 aromatic heterocycles. The fourth-order valence-corrected chi connectivity index (χ4v) is 3.15. The van der Waals surface area contributed by atoms with Gasteiger partial charge in [0.15, 0.2) is 5.78 Å². The molecule has 5 heteroatoms. The number of Topliss-reactive ketones (excluding diaryl/α,β-unsaturated/α-hetero) is 1. The predicted octanol–water partition coefficient (Wildman–Crippen LogP) is 2.90. The minimum Gasteiger partial charge on any atom is -0.338 e. The number of halogens is 1. The topological polar surface area (TPSA) is 49.4 Å². The van der Waals surface area contributed by atoms with Gasteiger partial charge in [-0.3, -0.25) is 9.59 Å². The average molecular weight is 339 g/mol. The summed E-state index contributed by atoms with van der Waals surface area (Å²) >= 11 is 0. The van der Waals surface area contributed by atoms with Crippen LogP contribution in [0.4, 0.5) is 0 Å². The molecule has 4 nitrogen and oxygen atoms in total. The molecule has 0 aliphatic carbocycles. The smallest absolute Gasteiger partial charge is 0.223 e. The Labute approximate surface area is 145 Å². The van der Waals surface area contributed by atoms with Crippen molar-refractivity contribution < 1.29 is 9.59 Å². The fraction of sp³-hybridized carbons (Fsp3) is 0.556. The van der Waals surface area contributed by atoms with Crippen LogP contribution in [0.5, 0.6) is 0 Å². The van der Waals surface area contributed by atoms with Gasteiger partial charge in [0, 0.05) is 37.5 Å². The molecule has 1 atom stereocenters. The zero-order valence-corrected chi connectivity index (χ0v) is 15.0. The molecule has 0 radical (unpaired) electrons. The average Bonchev–Trinajstić information content (AvgIpc) is 2.95.